The summed E-state index contributed by atoms with van der Waals surface area (Å²) < 4.78 is 0.794. The second-order valence-corrected chi connectivity index (χ2v) is 12.7. The van der Waals surface area contributed by atoms with E-state index in [4.69, 9.17) is 0 Å². The monoisotopic (exact) mass is 629 g/mol. The second kappa shape index (κ2) is 16.7. The minimum atomic E-state index is -0.177. The third-order valence-electron chi connectivity index (χ3n) is 8.04. The van der Waals surface area contributed by atoms with Crippen LogP contribution in [0.15, 0.2) is 34.0 Å². The van der Waals surface area contributed by atoms with Crippen LogP contribution >= 0.6 is 23.1 Å². The molecule has 3 aromatic rings. The minimum Gasteiger partial charge on any atom is -0.506 e. The summed E-state index contributed by atoms with van der Waals surface area (Å²) in [6.07, 6.45) is 11.2. The number of hydrogen-bond acceptors (Lipinski definition) is 9. The molecule has 1 aromatic heterocycles. The first-order valence-electron chi connectivity index (χ1n) is 15.1. The number of nitrogens with zero attached hydrogens (tertiary/aromatic N) is 1. The lowest BCUT2D eigenvalue weighted by Gasteiger charge is -2.32. The standard InChI is InChI=1S/C31H43N5O5S2/c1-42-29-21(8-10-24(38)27(29)34-20-37)12-15-32-17-14-26(40)36(23-6-4-2-3-5-7-23)19-18-33-16-13-22-9-11-25(39)28-30(22)43-31(41)35-28/h8-11,20,23,32-33,38-39H,2-7,12-19H2,1H3,(H,34,37)(H,35,41). The number of hydrogen-bond donors (Lipinski definition) is 6. The largest absolute Gasteiger partial charge is 0.506 e. The molecule has 0 atom stereocenters. The molecule has 2 amide bonds. The number of aromatic amines is 1. The van der Waals surface area contributed by atoms with E-state index in [0.29, 0.717) is 63.2 Å². The lowest BCUT2D eigenvalue weighted by molar-refractivity contribution is -0.133. The van der Waals surface area contributed by atoms with E-state index >= 15 is 0 Å². The summed E-state index contributed by atoms with van der Waals surface area (Å²) >= 11 is 2.59. The molecule has 0 radical (unpaired) electrons. The summed E-state index contributed by atoms with van der Waals surface area (Å²) in [5.74, 6) is 0.303. The van der Waals surface area contributed by atoms with Crippen LogP contribution in [0.1, 0.15) is 56.1 Å². The van der Waals surface area contributed by atoms with Gasteiger partial charge in [0.15, 0.2) is 0 Å². The van der Waals surface area contributed by atoms with Crippen molar-refractivity contribution in [3.63, 3.8) is 0 Å². The second-order valence-electron chi connectivity index (χ2n) is 10.9. The molecule has 0 bridgehead atoms. The fraction of sp³-hybridized carbons (Fsp3) is 0.516. The number of aromatic hydroxyl groups is 2. The molecule has 234 valence electrons. The molecule has 1 saturated carbocycles. The van der Waals surface area contributed by atoms with Gasteiger partial charge in [0.05, 0.1) is 10.4 Å². The highest BCUT2D eigenvalue weighted by Gasteiger charge is 2.24. The van der Waals surface area contributed by atoms with E-state index < -0.39 is 0 Å². The van der Waals surface area contributed by atoms with E-state index in [1.807, 2.05) is 18.4 Å². The number of thiazole rings is 1. The number of carbonyl (C=O) groups is 2. The topological polar surface area (TPSA) is 147 Å². The molecule has 1 heterocycles. The SMILES string of the molecule is CSc1c(CCNCCC(=O)N(CCNCCc2ccc(O)c3[nH]c(=O)sc23)C2CCCCCC2)ccc(O)c1NC=O. The number of carbonyl (C=O) groups excluding carboxylic acids is 2. The van der Waals surface area contributed by atoms with Gasteiger partial charge in [-0.25, -0.2) is 0 Å². The zero-order chi connectivity index (χ0) is 30.6. The normalized spacial score (nSPS) is 14.1. The highest BCUT2D eigenvalue weighted by atomic mass is 32.2. The van der Waals surface area contributed by atoms with Gasteiger partial charge in [-0.3, -0.25) is 14.4 Å². The maximum absolute atomic E-state index is 13.4. The Kier molecular flexibility index (Phi) is 12.8. The van der Waals surface area contributed by atoms with Crippen molar-refractivity contribution >= 4 is 51.3 Å². The molecule has 0 aliphatic heterocycles. The van der Waals surface area contributed by atoms with Crippen molar-refractivity contribution in [2.24, 2.45) is 0 Å². The molecular weight excluding hydrogens is 587 g/mol. The van der Waals surface area contributed by atoms with E-state index in [-0.39, 0.29) is 28.3 Å². The molecule has 0 spiro atoms. The highest BCUT2D eigenvalue weighted by Crippen LogP contribution is 2.36. The van der Waals surface area contributed by atoms with E-state index in [1.54, 1.807) is 12.1 Å². The van der Waals surface area contributed by atoms with Crippen LogP contribution in [0.4, 0.5) is 5.69 Å². The lowest BCUT2D eigenvalue weighted by Crippen LogP contribution is -2.45. The van der Waals surface area contributed by atoms with Crippen molar-refractivity contribution < 1.29 is 19.8 Å². The van der Waals surface area contributed by atoms with Gasteiger partial charge in [0.25, 0.3) is 0 Å². The van der Waals surface area contributed by atoms with Gasteiger partial charge in [0, 0.05) is 37.0 Å². The molecule has 2 aromatic carbocycles. The van der Waals surface area contributed by atoms with Gasteiger partial charge in [0.2, 0.25) is 12.3 Å². The molecule has 43 heavy (non-hydrogen) atoms. The quantitative estimate of drug-likeness (QED) is 0.0455. The first-order chi connectivity index (χ1) is 20.9. The summed E-state index contributed by atoms with van der Waals surface area (Å²) in [6.45, 7) is 3.31. The maximum Gasteiger partial charge on any atom is 0.305 e. The number of phenols is 2. The Hall–Kier alpha value is -3.06. The predicted octanol–water partition coefficient (Wildman–Crippen LogP) is 4.20. The van der Waals surface area contributed by atoms with E-state index in [9.17, 15) is 24.6 Å². The van der Waals surface area contributed by atoms with E-state index in [1.165, 1.54) is 24.6 Å². The van der Waals surface area contributed by atoms with Crippen molar-refractivity contribution in [3.05, 3.63) is 45.1 Å². The number of phenolic OH excluding ortho intramolecular Hbond substituents is 2. The van der Waals surface area contributed by atoms with Crippen molar-refractivity contribution in [1.29, 1.82) is 0 Å². The first-order valence-corrected chi connectivity index (χ1v) is 17.1. The highest BCUT2D eigenvalue weighted by molar-refractivity contribution is 7.98. The summed E-state index contributed by atoms with van der Waals surface area (Å²) in [5.41, 5.74) is 2.97. The zero-order valence-corrected chi connectivity index (χ0v) is 26.4. The molecule has 6 N–H and O–H groups in total. The third-order valence-corrected chi connectivity index (χ3v) is 9.87. The van der Waals surface area contributed by atoms with Crippen LogP contribution in [0.5, 0.6) is 11.5 Å². The number of nitrogens with one attached hydrogen (secondary N) is 4. The average Bonchev–Trinajstić information content (AvgIpc) is 3.21. The number of aromatic nitrogens is 1. The molecule has 1 fully saturated rings. The van der Waals surface area contributed by atoms with Crippen LogP contribution in [0.3, 0.4) is 0 Å². The van der Waals surface area contributed by atoms with Gasteiger partial charge in [0.1, 0.15) is 17.0 Å². The number of fused-ring (bicyclic) bond motifs is 1. The summed E-state index contributed by atoms with van der Waals surface area (Å²) in [6, 6.07) is 7.22. The van der Waals surface area contributed by atoms with Crippen LogP contribution < -0.4 is 20.8 Å². The van der Waals surface area contributed by atoms with Gasteiger partial charge in [-0.05, 0) is 68.3 Å². The smallest absolute Gasteiger partial charge is 0.305 e. The molecule has 10 nitrogen and oxygen atoms in total. The van der Waals surface area contributed by atoms with Crippen LogP contribution in [-0.2, 0) is 22.4 Å². The van der Waals surface area contributed by atoms with Crippen molar-refractivity contribution in [2.75, 3.05) is 44.3 Å². The van der Waals surface area contributed by atoms with Gasteiger partial charge < -0.3 is 36.0 Å². The van der Waals surface area contributed by atoms with Crippen LogP contribution in [0, 0.1) is 0 Å². The first kappa shape index (κ1) is 32.8. The number of anilines is 1. The maximum atomic E-state index is 13.4. The molecule has 4 rings (SSSR count). The molecule has 1 aliphatic rings. The Morgan fingerprint density at radius 3 is 2.40 bits per heavy atom. The Morgan fingerprint density at radius 2 is 1.67 bits per heavy atom. The van der Waals surface area contributed by atoms with Crippen molar-refractivity contribution in [1.82, 2.24) is 20.5 Å². The Bertz CT molecular complexity index is 1420. The minimum absolute atomic E-state index is 0.0449. The van der Waals surface area contributed by atoms with Crippen LogP contribution in [0.25, 0.3) is 10.2 Å². The zero-order valence-electron chi connectivity index (χ0n) is 24.7. The molecule has 0 saturated heterocycles. The van der Waals surface area contributed by atoms with Gasteiger partial charge >= 0.3 is 4.87 Å². The summed E-state index contributed by atoms with van der Waals surface area (Å²) in [4.78, 5) is 41.7. The van der Waals surface area contributed by atoms with E-state index in [0.717, 1.165) is 64.2 Å². The number of amides is 2. The number of rotatable bonds is 16. The summed E-state index contributed by atoms with van der Waals surface area (Å²) in [5, 5.41) is 29.6. The van der Waals surface area contributed by atoms with E-state index in [2.05, 4.69) is 25.8 Å². The fourth-order valence-electron chi connectivity index (χ4n) is 5.83. The van der Waals surface area contributed by atoms with Crippen molar-refractivity contribution in [3.8, 4) is 11.5 Å². The Balaban J connectivity index is 1.26. The predicted molar refractivity (Wildman–Crippen MR) is 175 cm³/mol. The Morgan fingerprint density at radius 1 is 1.00 bits per heavy atom. The van der Waals surface area contributed by atoms with Gasteiger partial charge in [-0.1, -0.05) is 49.2 Å². The third kappa shape index (κ3) is 8.98. The molecular formula is C31H43N5O5S2. The molecule has 12 heteroatoms. The van der Waals surface area contributed by atoms with Crippen LogP contribution in [0.2, 0.25) is 0 Å². The fourth-order valence-corrected chi connectivity index (χ4v) is 7.53. The van der Waals surface area contributed by atoms with Crippen LogP contribution in [-0.4, -0.2) is 77.4 Å². The van der Waals surface area contributed by atoms with Gasteiger partial charge in [-0.2, -0.15) is 0 Å². The summed E-state index contributed by atoms with van der Waals surface area (Å²) in [7, 11) is 0. The lowest BCUT2D eigenvalue weighted by atomic mass is 10.1. The van der Waals surface area contributed by atoms with Crippen molar-refractivity contribution in [2.45, 2.75) is 68.7 Å². The number of thioether (sulfide) groups is 1. The molecule has 0 unspecified atom stereocenters. The average molecular weight is 630 g/mol. The molecule has 1 aliphatic carbocycles. The number of benzene rings is 2. The van der Waals surface area contributed by atoms with Gasteiger partial charge in [-0.15, -0.1) is 11.8 Å². The number of H-pyrrole nitrogens is 1. The Labute approximate surface area is 260 Å².